The van der Waals surface area contributed by atoms with Crippen LogP contribution in [0.2, 0.25) is 0 Å². The van der Waals surface area contributed by atoms with Gasteiger partial charge >= 0.3 is 0 Å². The largest absolute Gasteiger partial charge is 0.317 e. The summed E-state index contributed by atoms with van der Waals surface area (Å²) in [7, 11) is 0. The van der Waals surface area contributed by atoms with Gasteiger partial charge in [0.1, 0.15) is 5.82 Å². The molecule has 1 amide bonds. The van der Waals surface area contributed by atoms with Crippen LogP contribution in [0.1, 0.15) is 21.7 Å². The number of hydrogen-bond acceptors (Lipinski definition) is 2. The first-order valence-corrected chi connectivity index (χ1v) is 6.40. The van der Waals surface area contributed by atoms with Gasteiger partial charge in [0.25, 0.3) is 5.91 Å². The fourth-order valence-electron chi connectivity index (χ4n) is 2.10. The molecule has 3 N–H and O–H groups in total. The van der Waals surface area contributed by atoms with Crippen LogP contribution >= 0.6 is 15.9 Å². The zero-order valence-electron chi connectivity index (χ0n) is 10.5. The Bertz CT molecular complexity index is 652. The van der Waals surface area contributed by atoms with Gasteiger partial charge in [0, 0.05) is 15.9 Å². The van der Waals surface area contributed by atoms with Crippen molar-refractivity contribution in [2.45, 2.75) is 13.8 Å². The molecule has 0 atom stereocenters. The second-order valence-corrected chi connectivity index (χ2v) is 5.04. The Morgan fingerprint density at radius 3 is 2.63 bits per heavy atom. The van der Waals surface area contributed by atoms with E-state index in [2.05, 4.69) is 21.4 Å². The summed E-state index contributed by atoms with van der Waals surface area (Å²) < 4.78 is 15.6. The van der Waals surface area contributed by atoms with E-state index < -0.39 is 0 Å². The Hall–Kier alpha value is -1.66. The molecular formula is C13H13BrFN3O. The number of nitrogens with zero attached hydrogens (tertiary/aromatic N) is 1. The summed E-state index contributed by atoms with van der Waals surface area (Å²) in [6.07, 6.45) is 0. The monoisotopic (exact) mass is 325 g/mol. The third-order valence-electron chi connectivity index (χ3n) is 2.96. The number of carbonyl (C=O) groups excluding carboxylic acids is 1. The molecule has 0 aliphatic rings. The first kappa shape index (κ1) is 13.8. The molecule has 1 aromatic heterocycles. The average Bonchev–Trinajstić information content (AvgIpc) is 2.65. The number of aryl methyl sites for hydroxylation is 1. The minimum atomic E-state index is -0.349. The summed E-state index contributed by atoms with van der Waals surface area (Å²) in [6.45, 7) is 3.68. The molecule has 1 aromatic carbocycles. The lowest BCUT2D eigenvalue weighted by Gasteiger charge is -2.12. The van der Waals surface area contributed by atoms with E-state index in [1.165, 1.54) is 12.1 Å². The number of rotatable bonds is 2. The topological polar surface area (TPSA) is 60.1 Å². The highest BCUT2D eigenvalue weighted by molar-refractivity contribution is 9.10. The Balaban J connectivity index is 2.63. The van der Waals surface area contributed by atoms with Crippen LogP contribution < -0.4 is 11.3 Å². The number of halogens is 2. The second-order valence-electron chi connectivity index (χ2n) is 4.19. The summed E-state index contributed by atoms with van der Waals surface area (Å²) in [5, 5.41) is 0. The number of nitrogens with two attached hydrogens (primary N) is 1. The molecule has 0 radical (unpaired) electrons. The fraction of sp³-hybridized carbons (Fsp3) is 0.154. The molecule has 0 aliphatic heterocycles. The summed E-state index contributed by atoms with van der Waals surface area (Å²) in [6, 6.07) is 6.16. The molecule has 0 unspecified atom stereocenters. The number of hydrogen-bond donors (Lipinski definition) is 2. The van der Waals surface area contributed by atoms with Gasteiger partial charge in [-0.1, -0.05) is 0 Å². The van der Waals surface area contributed by atoms with Crippen molar-refractivity contribution in [1.82, 2.24) is 9.99 Å². The summed E-state index contributed by atoms with van der Waals surface area (Å²) >= 11 is 3.33. The average molecular weight is 326 g/mol. The maximum atomic E-state index is 13.1. The quantitative estimate of drug-likeness (QED) is 0.506. The molecule has 0 spiro atoms. The lowest BCUT2D eigenvalue weighted by atomic mass is 10.2. The van der Waals surface area contributed by atoms with Crippen LogP contribution in [0.5, 0.6) is 0 Å². The molecule has 19 heavy (non-hydrogen) atoms. The van der Waals surface area contributed by atoms with Gasteiger partial charge in [-0.3, -0.25) is 10.2 Å². The Kier molecular flexibility index (Phi) is 3.73. The molecule has 2 aromatic rings. The van der Waals surface area contributed by atoms with Crippen molar-refractivity contribution in [2.24, 2.45) is 5.84 Å². The lowest BCUT2D eigenvalue weighted by molar-refractivity contribution is 0.0953. The zero-order chi connectivity index (χ0) is 14.2. The third-order valence-corrected chi connectivity index (χ3v) is 3.59. The van der Waals surface area contributed by atoms with Gasteiger partial charge < -0.3 is 4.57 Å². The van der Waals surface area contributed by atoms with Crippen LogP contribution in [-0.4, -0.2) is 10.5 Å². The van der Waals surface area contributed by atoms with Gasteiger partial charge in [-0.15, -0.1) is 0 Å². The standard InChI is InChI=1S/C13H13BrFN3O/c1-7-5-10(13(19)17-16)8(2)18(7)12-4-3-9(15)6-11(12)14/h3-6H,16H2,1-2H3,(H,17,19). The first-order chi connectivity index (χ1) is 8.95. The van der Waals surface area contributed by atoms with Gasteiger partial charge in [0.05, 0.1) is 11.3 Å². The predicted octanol–water partition coefficient (Wildman–Crippen LogP) is 2.60. The molecule has 4 nitrogen and oxygen atoms in total. The van der Waals surface area contributed by atoms with Crippen molar-refractivity contribution < 1.29 is 9.18 Å². The number of amides is 1. The van der Waals surface area contributed by atoms with Crippen molar-refractivity contribution in [2.75, 3.05) is 0 Å². The van der Waals surface area contributed by atoms with Gasteiger partial charge in [-0.25, -0.2) is 10.2 Å². The van der Waals surface area contributed by atoms with Crippen LogP contribution in [-0.2, 0) is 0 Å². The van der Waals surface area contributed by atoms with E-state index in [-0.39, 0.29) is 11.7 Å². The number of hydrazine groups is 1. The van der Waals surface area contributed by atoms with Crippen molar-refractivity contribution in [1.29, 1.82) is 0 Å². The first-order valence-electron chi connectivity index (χ1n) is 5.61. The van der Waals surface area contributed by atoms with Crippen molar-refractivity contribution in [3.8, 4) is 5.69 Å². The smallest absolute Gasteiger partial charge is 0.267 e. The summed E-state index contributed by atoms with van der Waals surface area (Å²) in [5.74, 6) is 4.48. The lowest BCUT2D eigenvalue weighted by Crippen LogP contribution is -2.30. The Labute approximate surface area is 118 Å². The molecule has 2 rings (SSSR count). The minimum absolute atomic E-state index is 0.321. The summed E-state index contributed by atoms with van der Waals surface area (Å²) in [5.41, 5.74) is 4.99. The highest BCUT2D eigenvalue weighted by Crippen LogP contribution is 2.27. The molecule has 100 valence electrons. The van der Waals surface area contributed by atoms with E-state index in [0.29, 0.717) is 10.0 Å². The van der Waals surface area contributed by atoms with Crippen LogP contribution in [0.4, 0.5) is 4.39 Å². The van der Waals surface area contributed by atoms with Crippen molar-refractivity contribution in [3.63, 3.8) is 0 Å². The molecule has 0 saturated carbocycles. The van der Waals surface area contributed by atoms with Gasteiger partial charge in [0.15, 0.2) is 0 Å². The third kappa shape index (κ3) is 2.41. The maximum Gasteiger partial charge on any atom is 0.267 e. The Morgan fingerprint density at radius 1 is 1.37 bits per heavy atom. The number of nitrogens with one attached hydrogen (secondary N) is 1. The highest BCUT2D eigenvalue weighted by atomic mass is 79.9. The highest BCUT2D eigenvalue weighted by Gasteiger charge is 2.17. The number of benzene rings is 1. The molecule has 1 heterocycles. The van der Waals surface area contributed by atoms with Crippen LogP contribution in [0, 0.1) is 19.7 Å². The van der Waals surface area contributed by atoms with E-state index in [9.17, 15) is 9.18 Å². The van der Waals surface area contributed by atoms with Crippen LogP contribution in [0.3, 0.4) is 0 Å². The second kappa shape index (κ2) is 5.14. The number of nitrogen functional groups attached to an aromatic ring is 1. The van der Waals surface area contributed by atoms with Gasteiger partial charge in [-0.05, 0) is 54.0 Å². The minimum Gasteiger partial charge on any atom is -0.317 e. The van der Waals surface area contributed by atoms with Crippen LogP contribution in [0.25, 0.3) is 5.69 Å². The predicted molar refractivity (Wildman–Crippen MR) is 74.6 cm³/mol. The van der Waals surface area contributed by atoms with E-state index >= 15 is 0 Å². The SMILES string of the molecule is Cc1cc(C(=O)NN)c(C)n1-c1ccc(F)cc1Br. The molecule has 0 fully saturated rings. The fourth-order valence-corrected chi connectivity index (χ4v) is 2.63. The van der Waals surface area contributed by atoms with E-state index in [1.807, 2.05) is 18.4 Å². The molecular weight excluding hydrogens is 313 g/mol. The maximum absolute atomic E-state index is 13.1. The van der Waals surface area contributed by atoms with Crippen molar-refractivity contribution >= 4 is 21.8 Å². The van der Waals surface area contributed by atoms with E-state index in [4.69, 9.17) is 5.84 Å². The van der Waals surface area contributed by atoms with Gasteiger partial charge in [-0.2, -0.15) is 0 Å². The number of aromatic nitrogens is 1. The van der Waals surface area contributed by atoms with Crippen molar-refractivity contribution in [3.05, 3.63) is 51.5 Å². The van der Waals surface area contributed by atoms with E-state index in [1.54, 1.807) is 12.1 Å². The Morgan fingerprint density at radius 2 is 2.05 bits per heavy atom. The molecule has 6 heteroatoms. The van der Waals surface area contributed by atoms with Crippen LogP contribution in [0.15, 0.2) is 28.7 Å². The zero-order valence-corrected chi connectivity index (χ0v) is 12.1. The van der Waals surface area contributed by atoms with E-state index in [0.717, 1.165) is 17.1 Å². The molecule has 0 bridgehead atoms. The molecule has 0 aliphatic carbocycles. The normalized spacial score (nSPS) is 10.6. The summed E-state index contributed by atoms with van der Waals surface area (Å²) in [4.78, 5) is 11.6. The van der Waals surface area contributed by atoms with Gasteiger partial charge in [0.2, 0.25) is 0 Å². The molecule has 0 saturated heterocycles. The number of carbonyl (C=O) groups is 1.